The quantitative estimate of drug-likeness (QED) is 0.382. The number of halogens is 4. The lowest BCUT2D eigenvalue weighted by molar-refractivity contribution is 0.0331. The van der Waals surface area contributed by atoms with Gasteiger partial charge in [-0.25, -0.2) is 18.9 Å². The van der Waals surface area contributed by atoms with E-state index in [1.165, 1.54) is 41.8 Å². The first kappa shape index (κ1) is 27.7. The van der Waals surface area contributed by atoms with Gasteiger partial charge >= 0.3 is 12.6 Å². The Morgan fingerprint density at radius 2 is 2.02 bits per heavy atom. The van der Waals surface area contributed by atoms with E-state index in [-0.39, 0.29) is 22.9 Å². The number of rotatable bonds is 6. The highest BCUT2D eigenvalue weighted by atomic mass is 35.5. The standard InChI is InChI=1S/C27H26ClF3N6O3S/c28-19-11-14(29)1-6-18(19)23-22(20-7-9-37(35-20)26(30)31)21-12-15(13-36(21)24(34-23)25-32-8-10-41-25)33-27(39)40-17-4-2-16(38)3-5-17/h1,6-11,15-17,23,26,38H,2-5,12-13H2,(H,33,39)/t15?,16?,17?,23-/m0/s1. The molecular formula is C27H26ClF3N6O3S. The molecule has 9 nitrogen and oxygen atoms in total. The Morgan fingerprint density at radius 3 is 2.71 bits per heavy atom. The fourth-order valence-electron chi connectivity index (χ4n) is 5.57. The average molecular weight is 607 g/mol. The van der Waals surface area contributed by atoms with Crippen molar-refractivity contribution in [3.8, 4) is 0 Å². The van der Waals surface area contributed by atoms with Crippen molar-refractivity contribution < 1.29 is 27.8 Å². The molecule has 0 bridgehead atoms. The molecule has 2 aromatic heterocycles. The van der Waals surface area contributed by atoms with Crippen molar-refractivity contribution in [1.82, 2.24) is 25.0 Å². The number of ether oxygens (including phenoxy) is 1. The van der Waals surface area contributed by atoms with Crippen molar-refractivity contribution in [2.75, 3.05) is 6.54 Å². The molecule has 1 saturated carbocycles. The maximum Gasteiger partial charge on any atom is 0.407 e. The van der Waals surface area contributed by atoms with Gasteiger partial charge in [0.05, 0.1) is 17.8 Å². The number of thiazole rings is 1. The summed E-state index contributed by atoms with van der Waals surface area (Å²) in [6, 6.07) is 4.26. The van der Waals surface area contributed by atoms with Crippen molar-refractivity contribution in [2.24, 2.45) is 4.99 Å². The predicted molar refractivity (Wildman–Crippen MR) is 146 cm³/mol. The smallest absolute Gasteiger partial charge is 0.407 e. The summed E-state index contributed by atoms with van der Waals surface area (Å²) in [6.45, 7) is -2.51. The zero-order valence-corrected chi connectivity index (χ0v) is 23.2. The molecule has 3 aromatic rings. The van der Waals surface area contributed by atoms with Crippen LogP contribution in [0.4, 0.5) is 18.0 Å². The Kier molecular flexibility index (Phi) is 7.75. The molecule has 41 heavy (non-hydrogen) atoms. The van der Waals surface area contributed by atoms with Crippen LogP contribution in [0.2, 0.25) is 5.02 Å². The molecule has 1 aliphatic carbocycles. The van der Waals surface area contributed by atoms with Crippen LogP contribution < -0.4 is 5.32 Å². The Balaban J connectivity index is 1.38. The molecule has 14 heteroatoms. The van der Waals surface area contributed by atoms with Crippen LogP contribution in [0.25, 0.3) is 5.57 Å². The van der Waals surface area contributed by atoms with Crippen LogP contribution >= 0.6 is 22.9 Å². The zero-order valence-electron chi connectivity index (χ0n) is 21.6. The second kappa shape index (κ2) is 11.5. The van der Waals surface area contributed by atoms with Gasteiger partial charge in [0.1, 0.15) is 18.0 Å². The number of aromatic nitrogens is 3. The number of carbonyl (C=O) groups excluding carboxylic acids is 1. The van der Waals surface area contributed by atoms with Crippen LogP contribution in [0.3, 0.4) is 0 Å². The van der Waals surface area contributed by atoms with E-state index in [9.17, 15) is 23.1 Å². The number of aliphatic hydroxyl groups excluding tert-OH is 1. The van der Waals surface area contributed by atoms with Crippen molar-refractivity contribution in [3.05, 3.63) is 74.8 Å². The number of nitrogens with zero attached hydrogens (tertiary/aromatic N) is 5. The molecule has 4 heterocycles. The summed E-state index contributed by atoms with van der Waals surface area (Å²) in [5, 5.41) is 19.4. The summed E-state index contributed by atoms with van der Waals surface area (Å²) >= 11 is 7.87. The number of alkyl carbamates (subject to hydrolysis) is 1. The number of aliphatic imine (C=N–C) groups is 1. The largest absolute Gasteiger partial charge is 0.446 e. The van der Waals surface area contributed by atoms with Crippen LogP contribution in [-0.4, -0.2) is 61.5 Å². The van der Waals surface area contributed by atoms with E-state index in [0.29, 0.717) is 71.0 Å². The predicted octanol–water partition coefficient (Wildman–Crippen LogP) is 5.54. The third-order valence-corrected chi connectivity index (χ3v) is 8.56. The van der Waals surface area contributed by atoms with E-state index in [1.807, 2.05) is 10.3 Å². The van der Waals surface area contributed by atoms with Crippen molar-refractivity contribution in [2.45, 2.75) is 62.9 Å². The number of aliphatic hydroxyl groups is 1. The van der Waals surface area contributed by atoms with Gasteiger partial charge in [-0.1, -0.05) is 17.7 Å². The molecule has 2 fully saturated rings. The van der Waals surface area contributed by atoms with Crippen molar-refractivity contribution in [1.29, 1.82) is 0 Å². The third-order valence-electron chi connectivity index (χ3n) is 7.46. The Hall–Kier alpha value is -3.42. The van der Waals surface area contributed by atoms with E-state index < -0.39 is 30.5 Å². The van der Waals surface area contributed by atoms with Crippen molar-refractivity contribution in [3.63, 3.8) is 0 Å². The van der Waals surface area contributed by atoms with Gasteiger partial charge in [-0.05, 0) is 43.9 Å². The molecular weight excluding hydrogens is 581 g/mol. The Morgan fingerprint density at radius 1 is 1.22 bits per heavy atom. The Bertz CT molecular complexity index is 1490. The number of nitrogens with one attached hydrogen (secondary N) is 1. The SMILES string of the molecule is O=C(NC1CC2=C(c3ccn(C(F)F)n3)[C@H](c3ccc(F)cc3Cl)N=C(c3nccs3)N2C1)OC1CCC(O)CC1. The summed E-state index contributed by atoms with van der Waals surface area (Å²) in [6.07, 6.45) is 4.31. The molecule has 1 unspecified atom stereocenters. The van der Waals surface area contributed by atoms with Crippen LogP contribution in [0, 0.1) is 5.82 Å². The highest BCUT2D eigenvalue weighted by Crippen LogP contribution is 2.46. The summed E-state index contributed by atoms with van der Waals surface area (Å²) in [4.78, 5) is 24.2. The van der Waals surface area contributed by atoms with E-state index in [2.05, 4.69) is 15.4 Å². The first-order valence-electron chi connectivity index (χ1n) is 13.2. The molecule has 2 atom stereocenters. The van der Waals surface area contributed by atoms with E-state index in [1.54, 1.807) is 6.20 Å². The number of fused-ring (bicyclic) bond motifs is 1. The lowest BCUT2D eigenvalue weighted by Crippen LogP contribution is -2.41. The second-order valence-corrected chi connectivity index (χ2v) is 11.5. The minimum atomic E-state index is -2.84. The molecule has 0 spiro atoms. The highest BCUT2D eigenvalue weighted by molar-refractivity contribution is 7.11. The second-order valence-electron chi connectivity index (χ2n) is 10.2. The van der Waals surface area contributed by atoms with Gasteiger partial charge in [0.25, 0.3) is 0 Å². The molecule has 3 aliphatic rings. The topological polar surface area (TPSA) is 105 Å². The van der Waals surface area contributed by atoms with Crippen molar-refractivity contribution >= 4 is 40.4 Å². The van der Waals surface area contributed by atoms with Gasteiger partial charge in [0, 0.05) is 52.6 Å². The molecule has 1 amide bonds. The van der Waals surface area contributed by atoms with Gasteiger partial charge in [-0.2, -0.15) is 13.9 Å². The number of benzene rings is 1. The number of alkyl halides is 2. The molecule has 1 saturated heterocycles. The van der Waals surface area contributed by atoms with Crippen LogP contribution in [0.15, 0.2) is 52.7 Å². The monoisotopic (exact) mass is 606 g/mol. The minimum absolute atomic E-state index is 0.130. The first-order chi connectivity index (χ1) is 19.8. The molecule has 6 rings (SSSR count). The van der Waals surface area contributed by atoms with Gasteiger partial charge in [0.2, 0.25) is 0 Å². The van der Waals surface area contributed by atoms with Crippen LogP contribution in [0.1, 0.15) is 61.0 Å². The summed E-state index contributed by atoms with van der Waals surface area (Å²) < 4.78 is 47.2. The zero-order chi connectivity index (χ0) is 28.7. The molecule has 2 N–H and O–H groups in total. The molecule has 0 radical (unpaired) electrons. The molecule has 1 aromatic carbocycles. The fraction of sp³-hybridized carbons (Fsp3) is 0.407. The molecule has 216 valence electrons. The number of amidine groups is 1. The van der Waals surface area contributed by atoms with Crippen LogP contribution in [0.5, 0.6) is 0 Å². The fourth-order valence-corrected chi connectivity index (χ4v) is 6.48. The van der Waals surface area contributed by atoms with Gasteiger partial charge in [0.15, 0.2) is 10.8 Å². The Labute approximate surface area is 242 Å². The normalized spacial score (nSPS) is 24.4. The van der Waals surface area contributed by atoms with Gasteiger partial charge in [-0.3, -0.25) is 4.99 Å². The number of amides is 1. The first-order valence-corrected chi connectivity index (χ1v) is 14.4. The lowest BCUT2D eigenvalue weighted by Gasteiger charge is -2.32. The number of hydrogen-bond donors (Lipinski definition) is 2. The maximum absolute atomic E-state index is 14.0. The summed E-state index contributed by atoms with van der Waals surface area (Å²) in [5.41, 5.74) is 1.98. The van der Waals surface area contributed by atoms with E-state index in [0.717, 1.165) is 0 Å². The third kappa shape index (κ3) is 5.70. The number of hydrogen-bond acceptors (Lipinski definition) is 8. The minimum Gasteiger partial charge on any atom is -0.446 e. The van der Waals surface area contributed by atoms with Gasteiger partial charge < -0.3 is 20.1 Å². The average Bonchev–Trinajstić information content (AvgIpc) is 3.70. The number of carbonyl (C=O) groups is 1. The van der Waals surface area contributed by atoms with Gasteiger partial charge in [-0.15, -0.1) is 11.3 Å². The highest BCUT2D eigenvalue weighted by Gasteiger charge is 2.41. The van der Waals surface area contributed by atoms with E-state index >= 15 is 0 Å². The molecule has 2 aliphatic heterocycles. The lowest BCUT2D eigenvalue weighted by atomic mass is 9.92. The summed E-state index contributed by atoms with van der Waals surface area (Å²) in [7, 11) is 0. The van der Waals surface area contributed by atoms with E-state index in [4.69, 9.17) is 21.3 Å². The summed E-state index contributed by atoms with van der Waals surface area (Å²) in [5.74, 6) is 0.00369. The maximum atomic E-state index is 14.0. The van der Waals surface area contributed by atoms with Crippen LogP contribution in [-0.2, 0) is 4.74 Å².